The van der Waals surface area contributed by atoms with Crippen LogP contribution >= 0.6 is 11.6 Å². The van der Waals surface area contributed by atoms with Crippen LogP contribution in [0.2, 0.25) is 5.02 Å². The fraction of sp³-hybridized carbons (Fsp3) is 0.333. The molecule has 1 atom stereocenters. The van der Waals surface area contributed by atoms with Crippen LogP contribution in [0, 0.1) is 6.92 Å². The second-order valence-corrected chi connectivity index (χ2v) is 6.35. The summed E-state index contributed by atoms with van der Waals surface area (Å²) in [5.41, 5.74) is 3.19. The molecule has 2 aromatic carbocycles. The van der Waals surface area contributed by atoms with Gasteiger partial charge in [-0.2, -0.15) is 0 Å². The third kappa shape index (κ3) is 2.78. The Balaban J connectivity index is 1.99. The molecule has 0 bridgehead atoms. The van der Waals surface area contributed by atoms with Gasteiger partial charge in [0.05, 0.1) is 12.2 Å². The summed E-state index contributed by atoms with van der Waals surface area (Å²) in [4.78, 5) is 0. The topological polar surface area (TPSA) is 29.5 Å². The average molecular weight is 303 g/mol. The molecule has 1 unspecified atom stereocenters. The molecule has 0 saturated heterocycles. The molecule has 0 saturated carbocycles. The first kappa shape index (κ1) is 14.4. The molecular formula is C18H19ClO2. The van der Waals surface area contributed by atoms with Crippen molar-refractivity contribution in [2.45, 2.75) is 32.3 Å². The van der Waals surface area contributed by atoms with Gasteiger partial charge in [0.15, 0.2) is 0 Å². The Morgan fingerprint density at radius 2 is 2.05 bits per heavy atom. The highest BCUT2D eigenvalue weighted by molar-refractivity contribution is 6.30. The van der Waals surface area contributed by atoms with Gasteiger partial charge >= 0.3 is 0 Å². The van der Waals surface area contributed by atoms with Crippen molar-refractivity contribution in [2.75, 3.05) is 6.61 Å². The predicted octanol–water partition coefficient (Wildman–Crippen LogP) is 4.03. The minimum Gasteiger partial charge on any atom is -0.493 e. The molecule has 0 radical (unpaired) electrons. The minimum atomic E-state index is -0.949. The molecule has 0 amide bonds. The van der Waals surface area contributed by atoms with Crippen molar-refractivity contribution in [3.8, 4) is 5.75 Å². The highest BCUT2D eigenvalue weighted by Crippen LogP contribution is 2.37. The van der Waals surface area contributed by atoms with Gasteiger partial charge in [-0.15, -0.1) is 0 Å². The molecule has 0 aliphatic carbocycles. The lowest BCUT2D eigenvalue weighted by Crippen LogP contribution is -2.25. The summed E-state index contributed by atoms with van der Waals surface area (Å²) < 4.78 is 5.73. The lowest BCUT2D eigenvalue weighted by atomic mass is 9.86. The van der Waals surface area contributed by atoms with Crippen LogP contribution in [0.25, 0.3) is 0 Å². The molecule has 110 valence electrons. The molecule has 0 fully saturated rings. The first-order chi connectivity index (χ1) is 9.97. The summed E-state index contributed by atoms with van der Waals surface area (Å²) in [6, 6.07) is 11.8. The molecule has 1 heterocycles. The van der Waals surface area contributed by atoms with Gasteiger partial charge in [-0.05, 0) is 48.2 Å². The third-order valence-corrected chi connectivity index (χ3v) is 4.30. The highest BCUT2D eigenvalue weighted by atomic mass is 35.5. The second-order valence-electron chi connectivity index (χ2n) is 5.92. The maximum atomic E-state index is 10.9. The summed E-state index contributed by atoms with van der Waals surface area (Å²) >= 11 is 6.20. The van der Waals surface area contributed by atoms with Crippen molar-refractivity contribution in [3.05, 3.63) is 63.7 Å². The van der Waals surface area contributed by atoms with E-state index in [1.807, 2.05) is 50.2 Å². The number of hydrogen-bond donors (Lipinski definition) is 1. The average Bonchev–Trinajstić information content (AvgIpc) is 2.86. The minimum absolute atomic E-state index is 0.487. The van der Waals surface area contributed by atoms with Gasteiger partial charge in [-0.1, -0.05) is 35.9 Å². The van der Waals surface area contributed by atoms with Crippen LogP contribution in [-0.4, -0.2) is 11.7 Å². The summed E-state index contributed by atoms with van der Waals surface area (Å²) in [5.74, 6) is 0.897. The van der Waals surface area contributed by atoms with Crippen LogP contribution in [0.5, 0.6) is 5.75 Å². The number of aliphatic hydroxyl groups is 1. The maximum Gasteiger partial charge on any atom is 0.126 e. The third-order valence-electron chi connectivity index (χ3n) is 4.09. The fourth-order valence-corrected chi connectivity index (χ4v) is 3.38. The standard InChI is InChI=1S/C18H19ClO2/c1-12-5-3-4-6-16(12)18(2,20)11-14-10-15(19)9-13-7-8-21-17(13)14/h3-6,9-10,20H,7-8,11H2,1-2H3. The Morgan fingerprint density at radius 1 is 1.29 bits per heavy atom. The van der Waals surface area contributed by atoms with E-state index in [0.29, 0.717) is 18.1 Å². The Morgan fingerprint density at radius 3 is 2.81 bits per heavy atom. The van der Waals surface area contributed by atoms with E-state index in [9.17, 15) is 5.11 Å². The van der Waals surface area contributed by atoms with Crippen LogP contribution in [0.4, 0.5) is 0 Å². The Kier molecular flexibility index (Phi) is 3.68. The lowest BCUT2D eigenvalue weighted by Gasteiger charge is -2.26. The van der Waals surface area contributed by atoms with Gasteiger partial charge in [-0.25, -0.2) is 0 Å². The normalized spacial score (nSPS) is 16.2. The van der Waals surface area contributed by atoms with Gasteiger partial charge in [0, 0.05) is 17.9 Å². The number of hydrogen-bond acceptors (Lipinski definition) is 2. The molecule has 2 aromatic rings. The van der Waals surface area contributed by atoms with E-state index in [2.05, 4.69) is 0 Å². The van der Waals surface area contributed by atoms with Crippen LogP contribution in [-0.2, 0) is 18.4 Å². The summed E-state index contributed by atoms with van der Waals surface area (Å²) in [6.07, 6.45) is 1.37. The zero-order chi connectivity index (χ0) is 15.0. The molecule has 21 heavy (non-hydrogen) atoms. The SMILES string of the molecule is Cc1ccccc1C(C)(O)Cc1cc(Cl)cc2c1OCC2. The summed E-state index contributed by atoms with van der Waals surface area (Å²) in [7, 11) is 0. The number of ether oxygens (including phenoxy) is 1. The van der Waals surface area contributed by atoms with Crippen molar-refractivity contribution in [3.63, 3.8) is 0 Å². The van der Waals surface area contributed by atoms with Gasteiger partial charge in [-0.3, -0.25) is 0 Å². The van der Waals surface area contributed by atoms with Crippen molar-refractivity contribution >= 4 is 11.6 Å². The zero-order valence-corrected chi connectivity index (χ0v) is 13.1. The molecule has 1 aliphatic rings. The van der Waals surface area contributed by atoms with Gasteiger partial charge < -0.3 is 9.84 Å². The van der Waals surface area contributed by atoms with E-state index in [1.165, 1.54) is 0 Å². The Bertz CT molecular complexity index is 677. The van der Waals surface area contributed by atoms with Crippen molar-refractivity contribution in [1.82, 2.24) is 0 Å². The van der Waals surface area contributed by atoms with Crippen LogP contribution < -0.4 is 4.74 Å². The smallest absolute Gasteiger partial charge is 0.126 e. The van der Waals surface area contributed by atoms with Gasteiger partial charge in [0.1, 0.15) is 5.75 Å². The largest absolute Gasteiger partial charge is 0.493 e. The van der Waals surface area contributed by atoms with Gasteiger partial charge in [0.2, 0.25) is 0 Å². The Hall–Kier alpha value is -1.51. The van der Waals surface area contributed by atoms with Crippen molar-refractivity contribution in [2.24, 2.45) is 0 Å². The van der Waals surface area contributed by atoms with E-state index >= 15 is 0 Å². The fourth-order valence-electron chi connectivity index (χ4n) is 3.12. The molecule has 1 aliphatic heterocycles. The first-order valence-electron chi connectivity index (χ1n) is 7.20. The molecular weight excluding hydrogens is 284 g/mol. The number of aryl methyl sites for hydroxylation is 1. The zero-order valence-electron chi connectivity index (χ0n) is 12.3. The molecule has 0 spiro atoms. The van der Waals surface area contributed by atoms with E-state index in [0.717, 1.165) is 34.4 Å². The Labute approximate surface area is 130 Å². The van der Waals surface area contributed by atoms with E-state index in [-0.39, 0.29) is 0 Å². The van der Waals surface area contributed by atoms with Gasteiger partial charge in [0.25, 0.3) is 0 Å². The summed E-state index contributed by atoms with van der Waals surface area (Å²) in [6.45, 7) is 4.55. The van der Waals surface area contributed by atoms with Crippen molar-refractivity contribution < 1.29 is 9.84 Å². The summed E-state index contributed by atoms with van der Waals surface area (Å²) in [5, 5.41) is 11.6. The number of halogens is 1. The highest BCUT2D eigenvalue weighted by Gasteiger charge is 2.28. The number of fused-ring (bicyclic) bond motifs is 1. The van der Waals surface area contributed by atoms with Crippen LogP contribution in [0.3, 0.4) is 0 Å². The molecule has 1 N–H and O–H groups in total. The maximum absolute atomic E-state index is 10.9. The molecule has 3 rings (SSSR count). The molecule has 2 nitrogen and oxygen atoms in total. The monoisotopic (exact) mass is 302 g/mol. The molecule has 3 heteroatoms. The predicted molar refractivity (Wildman–Crippen MR) is 85.1 cm³/mol. The second kappa shape index (κ2) is 5.36. The van der Waals surface area contributed by atoms with E-state index < -0.39 is 5.60 Å². The quantitative estimate of drug-likeness (QED) is 0.927. The van der Waals surface area contributed by atoms with E-state index in [1.54, 1.807) is 0 Å². The first-order valence-corrected chi connectivity index (χ1v) is 7.58. The van der Waals surface area contributed by atoms with Crippen LogP contribution in [0.1, 0.15) is 29.2 Å². The van der Waals surface area contributed by atoms with E-state index in [4.69, 9.17) is 16.3 Å². The van der Waals surface area contributed by atoms with Crippen LogP contribution in [0.15, 0.2) is 36.4 Å². The molecule has 0 aromatic heterocycles. The van der Waals surface area contributed by atoms with Crippen molar-refractivity contribution in [1.29, 1.82) is 0 Å². The number of rotatable bonds is 3. The number of benzene rings is 2. The lowest BCUT2D eigenvalue weighted by molar-refractivity contribution is 0.0563.